The van der Waals surface area contributed by atoms with E-state index in [0.717, 1.165) is 0 Å². The molecule has 0 atom stereocenters. The number of azide groups is 1. The van der Waals surface area contributed by atoms with E-state index in [0.29, 0.717) is 210 Å². The van der Waals surface area contributed by atoms with Gasteiger partial charge in [-0.25, -0.2) is 4.79 Å². The average molecular weight is 917 g/mol. The quantitative estimate of drug-likeness (QED) is 0.0265. The van der Waals surface area contributed by atoms with Gasteiger partial charge in [0.15, 0.2) is 0 Å². The predicted molar refractivity (Wildman–Crippen MR) is 219 cm³/mol. The minimum Gasteiger partial charge on any atom is -0.379 e. The van der Waals surface area contributed by atoms with E-state index in [9.17, 15) is 14.4 Å². The normalized spacial score (nSPS) is 12.7. The highest BCUT2D eigenvalue weighted by molar-refractivity contribution is 6.01. The molecule has 0 radical (unpaired) electrons. The van der Waals surface area contributed by atoms with Crippen LogP contribution in [0, 0.1) is 0 Å². The summed E-state index contributed by atoms with van der Waals surface area (Å²) in [4.78, 5) is 41.9. The van der Waals surface area contributed by atoms with Crippen molar-refractivity contribution in [3.8, 4) is 0 Å². The van der Waals surface area contributed by atoms with E-state index in [1.54, 1.807) is 0 Å². The fourth-order valence-corrected chi connectivity index (χ4v) is 4.51. The lowest BCUT2D eigenvalue weighted by molar-refractivity contribution is -0.198. The summed E-state index contributed by atoms with van der Waals surface area (Å²) in [6, 6.07) is 0. The zero-order chi connectivity index (χ0) is 45.2. The van der Waals surface area contributed by atoms with Crippen LogP contribution in [-0.2, 0) is 95.0 Å². The number of rotatable bonds is 52. The number of hydrogen-bond donors (Lipinski definition) is 0. The number of imide groups is 1. The van der Waals surface area contributed by atoms with Gasteiger partial charge in [-0.05, 0) is 5.53 Å². The van der Waals surface area contributed by atoms with E-state index in [1.807, 2.05) is 0 Å². The summed E-state index contributed by atoms with van der Waals surface area (Å²) in [6.07, 6.45) is 0.0281. The molecule has 2 amide bonds. The average Bonchev–Trinajstić information content (AvgIpc) is 3.60. The molecular formula is C39H72N4O20. The molecule has 0 aromatic rings. The van der Waals surface area contributed by atoms with Crippen LogP contribution < -0.4 is 0 Å². The number of amides is 2. The van der Waals surface area contributed by atoms with Gasteiger partial charge in [0.1, 0.15) is 0 Å². The molecule has 24 nitrogen and oxygen atoms in total. The monoisotopic (exact) mass is 916 g/mol. The first-order valence-corrected chi connectivity index (χ1v) is 21.5. The van der Waals surface area contributed by atoms with Gasteiger partial charge in [-0.2, -0.15) is 0 Å². The van der Waals surface area contributed by atoms with Crippen molar-refractivity contribution in [3.05, 3.63) is 10.4 Å². The minimum absolute atomic E-state index is 0.0540. The Labute approximate surface area is 370 Å². The molecule has 0 N–H and O–H groups in total. The molecule has 1 aliphatic rings. The molecule has 0 spiro atoms. The van der Waals surface area contributed by atoms with Crippen LogP contribution in [0.25, 0.3) is 10.4 Å². The summed E-state index contributed by atoms with van der Waals surface area (Å²) in [7, 11) is 0. The number of carbonyl (C=O) groups is 3. The highest BCUT2D eigenvalue weighted by Gasteiger charge is 2.32. The number of nitrogens with zero attached hydrogens (tertiary/aromatic N) is 4. The SMILES string of the molecule is [N-]=[N+]=NCCOCCOCCOCCOCCOCCOCCOCCOCCOCCOCCOCCOCCOCCOCCOCCOCCC(=O)ON1C(=O)CCC1=O. The van der Waals surface area contributed by atoms with Gasteiger partial charge in [0.2, 0.25) is 0 Å². The second kappa shape index (κ2) is 48.7. The van der Waals surface area contributed by atoms with Gasteiger partial charge >= 0.3 is 5.97 Å². The second-order valence-electron chi connectivity index (χ2n) is 12.5. The third-order valence-corrected chi connectivity index (χ3v) is 7.63. The first-order valence-electron chi connectivity index (χ1n) is 21.5. The molecule has 1 rings (SSSR count). The maximum absolute atomic E-state index is 11.7. The number of ether oxygens (including phenoxy) is 16. The zero-order valence-corrected chi connectivity index (χ0v) is 36.9. The van der Waals surface area contributed by atoms with E-state index in [-0.39, 0.29) is 32.5 Å². The fourth-order valence-electron chi connectivity index (χ4n) is 4.51. The molecule has 0 aromatic carbocycles. The van der Waals surface area contributed by atoms with Crippen molar-refractivity contribution in [1.29, 1.82) is 0 Å². The Morgan fingerprint density at radius 2 is 0.587 bits per heavy atom. The third-order valence-electron chi connectivity index (χ3n) is 7.63. The van der Waals surface area contributed by atoms with E-state index < -0.39 is 17.8 Å². The standard InChI is InChI=1S/C39H72N4O20/c40-42-41-4-6-48-8-10-50-12-14-52-16-18-54-20-22-56-24-26-58-28-30-60-32-34-62-36-35-61-33-31-59-29-27-57-25-23-55-21-19-53-17-15-51-13-11-49-9-7-47-5-3-39(46)63-43-37(44)1-2-38(43)45/h1-36H2. The van der Waals surface area contributed by atoms with E-state index in [1.165, 1.54) is 0 Å². The van der Waals surface area contributed by atoms with Crippen LogP contribution in [0.3, 0.4) is 0 Å². The Morgan fingerprint density at radius 1 is 0.381 bits per heavy atom. The van der Waals surface area contributed by atoms with Gasteiger partial charge < -0.3 is 80.6 Å². The van der Waals surface area contributed by atoms with Crippen molar-refractivity contribution in [3.63, 3.8) is 0 Å². The Bertz CT molecular complexity index is 1080. The summed E-state index contributed by atoms with van der Waals surface area (Å²) >= 11 is 0. The molecule has 1 aliphatic heterocycles. The lowest BCUT2D eigenvalue weighted by atomic mass is 10.4. The van der Waals surface area contributed by atoms with Crippen LogP contribution in [0.4, 0.5) is 0 Å². The lowest BCUT2D eigenvalue weighted by Gasteiger charge is -2.12. The predicted octanol–water partition coefficient (Wildman–Crippen LogP) is 0.560. The first kappa shape index (κ1) is 58.3. The summed E-state index contributed by atoms with van der Waals surface area (Å²) in [5.74, 6) is -1.73. The first-order chi connectivity index (χ1) is 31.1. The van der Waals surface area contributed by atoms with Crippen LogP contribution in [0.1, 0.15) is 19.3 Å². The van der Waals surface area contributed by atoms with Gasteiger partial charge in [-0.1, -0.05) is 5.11 Å². The Balaban J connectivity index is 1.61. The van der Waals surface area contributed by atoms with Crippen molar-refractivity contribution in [2.75, 3.05) is 218 Å². The molecule has 0 saturated carbocycles. The smallest absolute Gasteiger partial charge is 0.335 e. The van der Waals surface area contributed by atoms with Crippen molar-refractivity contribution in [2.24, 2.45) is 5.11 Å². The molecule has 0 aliphatic carbocycles. The largest absolute Gasteiger partial charge is 0.379 e. The summed E-state index contributed by atoms with van der Waals surface area (Å²) < 4.78 is 86.9. The van der Waals surface area contributed by atoms with Gasteiger partial charge in [0.25, 0.3) is 11.8 Å². The molecule has 63 heavy (non-hydrogen) atoms. The van der Waals surface area contributed by atoms with Gasteiger partial charge in [0, 0.05) is 24.3 Å². The molecular weight excluding hydrogens is 844 g/mol. The minimum atomic E-state index is -0.704. The molecule has 1 saturated heterocycles. The molecule has 0 bridgehead atoms. The highest BCUT2D eigenvalue weighted by Crippen LogP contribution is 2.12. The number of carbonyl (C=O) groups excluding carboxylic acids is 3. The summed E-state index contributed by atoms with van der Waals surface area (Å²) in [6.45, 7) is 14.4. The molecule has 0 aromatic heterocycles. The number of hydroxylamine groups is 2. The Kier molecular flexibility index (Phi) is 45.1. The second-order valence-corrected chi connectivity index (χ2v) is 12.5. The van der Waals surface area contributed by atoms with Crippen LogP contribution in [-0.4, -0.2) is 241 Å². The van der Waals surface area contributed by atoms with E-state index in [4.69, 9.17) is 86.2 Å². The van der Waals surface area contributed by atoms with Crippen LogP contribution in [0.15, 0.2) is 5.11 Å². The fraction of sp³-hybridized carbons (Fsp3) is 0.923. The molecule has 24 heteroatoms. The molecule has 1 fully saturated rings. The van der Waals surface area contributed by atoms with Gasteiger partial charge in [-0.15, -0.1) is 5.06 Å². The third kappa shape index (κ3) is 43.0. The Hall–Kier alpha value is -2.72. The molecule has 368 valence electrons. The van der Waals surface area contributed by atoms with Gasteiger partial charge in [0.05, 0.1) is 218 Å². The molecule has 1 heterocycles. The lowest BCUT2D eigenvalue weighted by Crippen LogP contribution is -2.32. The Morgan fingerprint density at radius 3 is 0.810 bits per heavy atom. The zero-order valence-electron chi connectivity index (χ0n) is 36.9. The number of hydrogen-bond acceptors (Lipinski definition) is 21. The van der Waals surface area contributed by atoms with Crippen LogP contribution >= 0.6 is 0 Å². The highest BCUT2D eigenvalue weighted by atomic mass is 16.7. The maximum atomic E-state index is 11.7. The van der Waals surface area contributed by atoms with Crippen molar-refractivity contribution in [2.45, 2.75) is 19.3 Å². The van der Waals surface area contributed by atoms with Crippen molar-refractivity contribution in [1.82, 2.24) is 5.06 Å². The van der Waals surface area contributed by atoms with Crippen LogP contribution in [0.5, 0.6) is 0 Å². The van der Waals surface area contributed by atoms with Gasteiger partial charge in [-0.3, -0.25) is 9.59 Å². The van der Waals surface area contributed by atoms with Crippen LogP contribution in [0.2, 0.25) is 0 Å². The summed E-state index contributed by atoms with van der Waals surface area (Å²) in [5.41, 5.74) is 8.15. The van der Waals surface area contributed by atoms with Crippen molar-refractivity contribution >= 4 is 17.8 Å². The van der Waals surface area contributed by atoms with Crippen molar-refractivity contribution < 1.29 is 95.0 Å². The topological polar surface area (TPSA) is 260 Å². The van der Waals surface area contributed by atoms with E-state index in [2.05, 4.69) is 10.0 Å². The van der Waals surface area contributed by atoms with E-state index >= 15 is 0 Å². The summed E-state index contributed by atoms with van der Waals surface area (Å²) in [5, 5.41) is 3.89. The molecule has 0 unspecified atom stereocenters. The maximum Gasteiger partial charge on any atom is 0.335 e.